The Labute approximate surface area is 126 Å². The number of carboxylic acids is 1. The number of hydrogen-bond donors (Lipinski definition) is 2. The Hall–Kier alpha value is -2.00. The Balaban J connectivity index is 1.53. The van der Waals surface area contributed by atoms with Crippen LogP contribution in [-0.2, 0) is 11.3 Å². The molecule has 2 aliphatic rings. The molecule has 9 nitrogen and oxygen atoms in total. The molecule has 2 heterocycles. The van der Waals surface area contributed by atoms with Gasteiger partial charge in [-0.1, -0.05) is 4.98 Å². The first-order valence-corrected chi connectivity index (χ1v) is 7.29. The molecule has 1 saturated heterocycles. The van der Waals surface area contributed by atoms with E-state index >= 15 is 0 Å². The molecule has 1 aromatic heterocycles. The second-order valence-electron chi connectivity index (χ2n) is 5.97. The molecule has 1 aromatic rings. The fourth-order valence-electron chi connectivity index (χ4n) is 3.46. The largest absolute Gasteiger partial charge is 0.481 e. The van der Waals surface area contributed by atoms with Gasteiger partial charge in [0.25, 0.3) is 0 Å². The van der Waals surface area contributed by atoms with Gasteiger partial charge in [-0.15, -0.1) is 0 Å². The van der Waals surface area contributed by atoms with Crippen LogP contribution in [0.4, 0.5) is 5.95 Å². The molecule has 2 fully saturated rings. The average Bonchev–Trinajstić information content (AvgIpc) is 2.92. The van der Waals surface area contributed by atoms with Crippen molar-refractivity contribution in [2.24, 2.45) is 5.92 Å². The van der Waals surface area contributed by atoms with Crippen LogP contribution in [0.3, 0.4) is 0 Å². The van der Waals surface area contributed by atoms with Crippen molar-refractivity contribution in [3.8, 4) is 0 Å². The predicted octanol–water partition coefficient (Wildman–Crippen LogP) is 0.0897. The number of rotatable bonds is 6. The van der Waals surface area contributed by atoms with Crippen LogP contribution in [0.25, 0.3) is 0 Å². The van der Waals surface area contributed by atoms with E-state index in [1.165, 1.54) is 17.0 Å². The van der Waals surface area contributed by atoms with Crippen molar-refractivity contribution in [3.63, 3.8) is 0 Å². The van der Waals surface area contributed by atoms with Crippen molar-refractivity contribution in [1.29, 1.82) is 0 Å². The van der Waals surface area contributed by atoms with Crippen molar-refractivity contribution >= 4 is 11.9 Å². The zero-order valence-electron chi connectivity index (χ0n) is 11.9. The van der Waals surface area contributed by atoms with Gasteiger partial charge in [-0.25, -0.2) is 4.57 Å². The second kappa shape index (κ2) is 5.65. The van der Waals surface area contributed by atoms with E-state index < -0.39 is 17.0 Å². The lowest BCUT2D eigenvalue weighted by atomic mass is 9.90. The lowest BCUT2D eigenvalue weighted by Gasteiger charge is -2.14. The number of hydrogen-bond acceptors (Lipinski definition) is 6. The maximum Gasteiger partial charge on any atom is 0.434 e. The van der Waals surface area contributed by atoms with E-state index in [9.17, 15) is 20.0 Å². The first-order valence-electron chi connectivity index (χ1n) is 7.29. The molecule has 3 rings (SSSR count). The number of β-amino-alcohol motifs (C(OH)–C–C–N with tert-alkyl or cyclic N) is 1. The molecule has 0 aromatic carbocycles. The molecular weight excluding hydrogens is 292 g/mol. The molecule has 0 spiro atoms. The van der Waals surface area contributed by atoms with Crippen molar-refractivity contribution in [2.75, 3.05) is 6.54 Å². The summed E-state index contributed by atoms with van der Waals surface area (Å²) in [6.45, 7) is 0.506. The molecule has 0 bridgehead atoms. The molecule has 0 radical (unpaired) electrons. The maximum absolute atomic E-state index is 11.0. The number of aliphatic carboxylic acids is 1. The second-order valence-corrected chi connectivity index (χ2v) is 5.97. The first kappa shape index (κ1) is 14.9. The Bertz CT molecular complexity index is 589. The highest BCUT2D eigenvalue weighted by Crippen LogP contribution is 2.42. The van der Waals surface area contributed by atoms with E-state index in [0.29, 0.717) is 25.4 Å². The summed E-state index contributed by atoms with van der Waals surface area (Å²) in [5, 5.41) is 30.0. The minimum Gasteiger partial charge on any atom is -0.481 e. The molecule has 5 unspecified atom stereocenters. The zero-order chi connectivity index (χ0) is 15.9. The SMILES string of the molecule is O=C(O)C1CCC2C(C1)N2CC(O)Cn1ccnc1[N+](=O)[O-]. The van der Waals surface area contributed by atoms with Gasteiger partial charge < -0.3 is 20.3 Å². The number of aliphatic hydroxyl groups is 1. The van der Waals surface area contributed by atoms with Gasteiger partial charge in [0.15, 0.2) is 0 Å². The van der Waals surface area contributed by atoms with Gasteiger partial charge in [0.1, 0.15) is 12.4 Å². The summed E-state index contributed by atoms with van der Waals surface area (Å²) in [6.07, 6.45) is 4.19. The minimum atomic E-state index is -0.750. The molecule has 1 aliphatic carbocycles. The maximum atomic E-state index is 11.0. The van der Waals surface area contributed by atoms with E-state index in [1.54, 1.807) is 0 Å². The number of nitro groups is 1. The normalized spacial score (nSPS) is 31.3. The van der Waals surface area contributed by atoms with Crippen molar-refractivity contribution in [3.05, 3.63) is 22.5 Å². The van der Waals surface area contributed by atoms with E-state index in [0.717, 1.165) is 6.42 Å². The number of carboxylic acid groups (broad SMARTS) is 1. The molecule has 120 valence electrons. The molecular formula is C13H18N4O5. The fraction of sp³-hybridized carbons (Fsp3) is 0.692. The van der Waals surface area contributed by atoms with Gasteiger partial charge in [-0.3, -0.25) is 9.69 Å². The van der Waals surface area contributed by atoms with Crippen molar-refractivity contribution in [2.45, 2.75) is 44.0 Å². The van der Waals surface area contributed by atoms with Crippen LogP contribution in [-0.4, -0.2) is 60.3 Å². The third-order valence-electron chi connectivity index (χ3n) is 4.58. The number of carbonyl (C=O) groups is 1. The summed E-state index contributed by atoms with van der Waals surface area (Å²) in [6, 6.07) is 0.574. The molecule has 22 heavy (non-hydrogen) atoms. The van der Waals surface area contributed by atoms with Crippen LogP contribution in [0.1, 0.15) is 19.3 Å². The van der Waals surface area contributed by atoms with Gasteiger partial charge in [0.2, 0.25) is 0 Å². The summed E-state index contributed by atoms with van der Waals surface area (Å²) in [5.74, 6) is -1.33. The average molecular weight is 310 g/mol. The topological polar surface area (TPSA) is 122 Å². The molecule has 9 heteroatoms. The number of likely N-dealkylation sites (tertiary alicyclic amines) is 1. The van der Waals surface area contributed by atoms with Crippen molar-refractivity contribution in [1.82, 2.24) is 14.5 Å². The van der Waals surface area contributed by atoms with Crippen LogP contribution in [0.5, 0.6) is 0 Å². The van der Waals surface area contributed by atoms with Gasteiger partial charge in [0.05, 0.1) is 18.6 Å². The number of nitrogens with zero attached hydrogens (tertiary/aromatic N) is 4. The van der Waals surface area contributed by atoms with E-state index in [-0.39, 0.29) is 24.5 Å². The fourth-order valence-corrected chi connectivity index (χ4v) is 3.46. The molecule has 5 atom stereocenters. The molecule has 1 saturated carbocycles. The standard InChI is InChI=1S/C13H18N4O5/c18-9(6-15-4-3-14-13(15)17(21)22)7-16-10-2-1-8(12(19)20)5-11(10)16/h3-4,8-11,18H,1-2,5-7H2,(H,19,20). The molecule has 0 amide bonds. The van der Waals surface area contributed by atoms with Gasteiger partial charge in [-0.2, -0.15) is 0 Å². The summed E-state index contributed by atoms with van der Waals surface area (Å²) < 4.78 is 1.32. The molecule has 1 aliphatic heterocycles. The Morgan fingerprint density at radius 3 is 2.91 bits per heavy atom. The molecule has 2 N–H and O–H groups in total. The minimum absolute atomic E-state index is 0.106. The Morgan fingerprint density at radius 2 is 2.23 bits per heavy atom. The van der Waals surface area contributed by atoms with E-state index in [4.69, 9.17) is 5.11 Å². The van der Waals surface area contributed by atoms with Gasteiger partial charge in [0, 0.05) is 18.6 Å². The number of aliphatic hydroxyl groups excluding tert-OH is 1. The Morgan fingerprint density at radius 1 is 1.45 bits per heavy atom. The van der Waals surface area contributed by atoms with E-state index in [1.807, 2.05) is 0 Å². The first-order chi connectivity index (χ1) is 10.5. The third-order valence-corrected chi connectivity index (χ3v) is 4.58. The van der Waals surface area contributed by atoms with Crippen LogP contribution in [0, 0.1) is 16.0 Å². The highest BCUT2D eigenvalue weighted by molar-refractivity contribution is 5.70. The quantitative estimate of drug-likeness (QED) is 0.434. The van der Waals surface area contributed by atoms with Crippen LogP contribution >= 0.6 is 0 Å². The monoisotopic (exact) mass is 310 g/mol. The lowest BCUT2D eigenvalue weighted by molar-refractivity contribution is -0.397. The highest BCUT2D eigenvalue weighted by atomic mass is 16.6. The number of aromatic nitrogens is 2. The van der Waals surface area contributed by atoms with Crippen LogP contribution in [0.15, 0.2) is 12.4 Å². The Kier molecular flexibility index (Phi) is 3.83. The summed E-state index contributed by atoms with van der Waals surface area (Å²) >= 11 is 0. The van der Waals surface area contributed by atoms with Crippen LogP contribution in [0.2, 0.25) is 0 Å². The highest BCUT2D eigenvalue weighted by Gasteiger charge is 2.52. The third kappa shape index (κ3) is 2.81. The lowest BCUT2D eigenvalue weighted by Crippen LogP contribution is -2.26. The summed E-state index contributed by atoms with van der Waals surface area (Å²) in [4.78, 5) is 26.9. The number of fused-ring (bicyclic) bond motifs is 1. The number of imidazole rings is 1. The summed E-state index contributed by atoms with van der Waals surface area (Å²) in [7, 11) is 0. The van der Waals surface area contributed by atoms with Gasteiger partial charge >= 0.3 is 11.9 Å². The summed E-state index contributed by atoms with van der Waals surface area (Å²) in [5.41, 5.74) is 0. The smallest absolute Gasteiger partial charge is 0.434 e. The zero-order valence-corrected chi connectivity index (χ0v) is 11.9. The van der Waals surface area contributed by atoms with Crippen LogP contribution < -0.4 is 0 Å². The van der Waals surface area contributed by atoms with Crippen molar-refractivity contribution < 1.29 is 19.9 Å². The van der Waals surface area contributed by atoms with E-state index in [2.05, 4.69) is 9.88 Å². The van der Waals surface area contributed by atoms with Gasteiger partial charge in [-0.05, 0) is 24.2 Å². The predicted molar refractivity (Wildman–Crippen MR) is 74.1 cm³/mol.